The van der Waals surface area contributed by atoms with Crippen LogP contribution in [-0.4, -0.2) is 39.8 Å². The van der Waals surface area contributed by atoms with E-state index < -0.39 is 11.5 Å². The molecule has 8 nitrogen and oxygen atoms in total. The number of hydrogen-bond acceptors (Lipinski definition) is 7. The standard InChI is InChI=1S/C16H17N3O5S/c1-3-11-13(21)18-16(19-14(11)22)25-8-12(20)17-10-6-4-5-9(7-10)15(23)24-2/h4-7H,3,8H2,1-2H3,(H,17,20)(H2,18,19,21,22). The summed E-state index contributed by atoms with van der Waals surface area (Å²) in [5, 5.41) is 12.5. The number of aromatic amines is 1. The molecule has 2 aromatic rings. The number of aromatic nitrogens is 2. The quantitative estimate of drug-likeness (QED) is 0.404. The summed E-state index contributed by atoms with van der Waals surface area (Å²) < 4.78 is 4.62. The van der Waals surface area contributed by atoms with Crippen LogP contribution in [0.3, 0.4) is 0 Å². The van der Waals surface area contributed by atoms with Gasteiger partial charge in [-0.25, -0.2) is 4.79 Å². The van der Waals surface area contributed by atoms with Crippen LogP contribution in [0.25, 0.3) is 0 Å². The summed E-state index contributed by atoms with van der Waals surface area (Å²) in [5.74, 6) is -1.22. The lowest BCUT2D eigenvalue weighted by atomic mass is 10.2. The summed E-state index contributed by atoms with van der Waals surface area (Å²) in [7, 11) is 1.28. The summed E-state index contributed by atoms with van der Waals surface area (Å²) >= 11 is 0.980. The van der Waals surface area contributed by atoms with Gasteiger partial charge in [0.1, 0.15) is 0 Å². The fourth-order valence-electron chi connectivity index (χ4n) is 2.03. The van der Waals surface area contributed by atoms with E-state index in [0.29, 0.717) is 17.7 Å². The Morgan fingerprint density at radius 1 is 1.40 bits per heavy atom. The van der Waals surface area contributed by atoms with Crippen molar-refractivity contribution in [2.75, 3.05) is 18.2 Å². The highest BCUT2D eigenvalue weighted by molar-refractivity contribution is 7.99. The lowest BCUT2D eigenvalue weighted by Gasteiger charge is -2.07. The van der Waals surface area contributed by atoms with E-state index in [-0.39, 0.29) is 28.3 Å². The van der Waals surface area contributed by atoms with Gasteiger partial charge in [0.25, 0.3) is 5.56 Å². The topological polar surface area (TPSA) is 121 Å². The average molecular weight is 363 g/mol. The Hall–Kier alpha value is -2.81. The number of methoxy groups -OCH3 is 1. The molecule has 0 aliphatic carbocycles. The number of amides is 1. The van der Waals surface area contributed by atoms with Gasteiger partial charge in [-0.1, -0.05) is 24.8 Å². The van der Waals surface area contributed by atoms with Gasteiger partial charge in [0.05, 0.1) is 24.0 Å². The molecule has 0 spiro atoms. The molecule has 0 fully saturated rings. The van der Waals surface area contributed by atoms with Gasteiger partial charge in [-0.15, -0.1) is 0 Å². The van der Waals surface area contributed by atoms with Crippen molar-refractivity contribution in [2.45, 2.75) is 18.5 Å². The molecule has 1 aromatic carbocycles. The van der Waals surface area contributed by atoms with E-state index in [1.165, 1.54) is 13.2 Å². The molecule has 0 atom stereocenters. The molecule has 9 heteroatoms. The number of carbonyl (C=O) groups is 2. The largest absolute Gasteiger partial charge is 0.493 e. The molecule has 0 radical (unpaired) electrons. The number of hydrogen-bond donors (Lipinski definition) is 3. The molecular weight excluding hydrogens is 346 g/mol. The Kier molecular flexibility index (Phi) is 6.18. The Labute approximate surface area is 147 Å². The van der Waals surface area contributed by atoms with Gasteiger partial charge in [0.2, 0.25) is 11.8 Å². The first kappa shape index (κ1) is 18.5. The molecule has 0 saturated heterocycles. The molecule has 1 amide bonds. The monoisotopic (exact) mass is 363 g/mol. The maximum atomic E-state index is 12.0. The van der Waals surface area contributed by atoms with Crippen LogP contribution in [0.4, 0.5) is 5.69 Å². The molecule has 2 rings (SSSR count). The summed E-state index contributed by atoms with van der Waals surface area (Å²) in [5.41, 5.74) is 0.537. The Bertz CT molecular complexity index is 850. The first-order chi connectivity index (χ1) is 11.9. The highest BCUT2D eigenvalue weighted by atomic mass is 32.2. The number of benzene rings is 1. The third kappa shape index (κ3) is 4.83. The number of anilines is 1. The van der Waals surface area contributed by atoms with Crippen molar-refractivity contribution >= 4 is 29.3 Å². The minimum Gasteiger partial charge on any atom is -0.493 e. The molecule has 0 bridgehead atoms. The predicted molar refractivity (Wildman–Crippen MR) is 93.0 cm³/mol. The number of thioether (sulfide) groups is 1. The number of carbonyl (C=O) groups excluding carboxylic acids is 2. The Morgan fingerprint density at radius 2 is 2.16 bits per heavy atom. The van der Waals surface area contributed by atoms with Gasteiger partial charge in [-0.3, -0.25) is 9.59 Å². The van der Waals surface area contributed by atoms with Crippen LogP contribution in [0, 0.1) is 0 Å². The van der Waals surface area contributed by atoms with Crippen molar-refractivity contribution in [3.63, 3.8) is 0 Å². The number of H-pyrrole nitrogens is 1. The van der Waals surface area contributed by atoms with E-state index in [9.17, 15) is 19.5 Å². The van der Waals surface area contributed by atoms with E-state index >= 15 is 0 Å². The van der Waals surface area contributed by atoms with E-state index in [0.717, 1.165) is 11.8 Å². The van der Waals surface area contributed by atoms with Crippen molar-refractivity contribution in [2.24, 2.45) is 0 Å². The first-order valence-electron chi connectivity index (χ1n) is 7.37. The van der Waals surface area contributed by atoms with Crippen LogP contribution in [-0.2, 0) is 16.0 Å². The third-order valence-electron chi connectivity index (χ3n) is 3.23. The summed E-state index contributed by atoms with van der Waals surface area (Å²) in [6, 6.07) is 6.33. The van der Waals surface area contributed by atoms with Crippen LogP contribution in [0.1, 0.15) is 22.8 Å². The molecule has 0 unspecified atom stereocenters. The van der Waals surface area contributed by atoms with Crippen LogP contribution in [0.5, 0.6) is 5.88 Å². The molecule has 0 aliphatic heterocycles. The Morgan fingerprint density at radius 3 is 2.80 bits per heavy atom. The van der Waals surface area contributed by atoms with Crippen molar-refractivity contribution in [1.82, 2.24) is 9.97 Å². The van der Waals surface area contributed by atoms with Gasteiger partial charge in [-0.2, -0.15) is 4.98 Å². The number of nitrogens with one attached hydrogen (secondary N) is 2. The SMILES string of the molecule is CCc1c(O)nc(SCC(=O)Nc2cccc(C(=O)OC)c2)[nH]c1=O. The fourth-order valence-corrected chi connectivity index (χ4v) is 2.68. The maximum absolute atomic E-state index is 12.0. The van der Waals surface area contributed by atoms with Crippen LogP contribution in [0.15, 0.2) is 34.2 Å². The van der Waals surface area contributed by atoms with Gasteiger partial charge >= 0.3 is 5.97 Å². The number of esters is 1. The summed E-state index contributed by atoms with van der Waals surface area (Å²) in [4.78, 5) is 41.6. The fraction of sp³-hybridized carbons (Fsp3) is 0.250. The minimum absolute atomic E-state index is 0.0314. The molecule has 3 N–H and O–H groups in total. The molecule has 0 aliphatic rings. The lowest BCUT2D eigenvalue weighted by molar-refractivity contribution is -0.113. The average Bonchev–Trinajstić information content (AvgIpc) is 2.59. The number of rotatable bonds is 6. The summed E-state index contributed by atoms with van der Waals surface area (Å²) in [6.45, 7) is 1.73. The number of aromatic hydroxyl groups is 1. The second-order valence-corrected chi connectivity index (χ2v) is 5.90. The molecule has 132 valence electrons. The molecule has 1 heterocycles. The zero-order valence-electron chi connectivity index (χ0n) is 13.7. The highest BCUT2D eigenvalue weighted by Crippen LogP contribution is 2.17. The number of ether oxygens (including phenoxy) is 1. The van der Waals surface area contributed by atoms with Crippen molar-refractivity contribution in [3.05, 3.63) is 45.7 Å². The zero-order valence-corrected chi connectivity index (χ0v) is 14.5. The van der Waals surface area contributed by atoms with Crippen LogP contribution in [0.2, 0.25) is 0 Å². The van der Waals surface area contributed by atoms with Gasteiger partial charge in [0, 0.05) is 5.69 Å². The zero-order chi connectivity index (χ0) is 18.4. The minimum atomic E-state index is -0.501. The van der Waals surface area contributed by atoms with Gasteiger partial charge in [-0.05, 0) is 24.6 Å². The van der Waals surface area contributed by atoms with E-state index in [1.54, 1.807) is 25.1 Å². The summed E-state index contributed by atoms with van der Waals surface area (Å²) in [6.07, 6.45) is 0.357. The molecule has 1 aromatic heterocycles. The van der Waals surface area contributed by atoms with E-state index in [4.69, 9.17) is 0 Å². The molecule has 0 saturated carbocycles. The smallest absolute Gasteiger partial charge is 0.337 e. The van der Waals surface area contributed by atoms with Crippen LogP contribution >= 0.6 is 11.8 Å². The van der Waals surface area contributed by atoms with Crippen molar-refractivity contribution in [1.29, 1.82) is 0 Å². The number of nitrogens with zero attached hydrogens (tertiary/aromatic N) is 1. The predicted octanol–water partition coefficient (Wildman–Crippen LogP) is 1.56. The van der Waals surface area contributed by atoms with Gasteiger partial charge in [0.15, 0.2) is 5.16 Å². The van der Waals surface area contributed by atoms with Crippen molar-refractivity contribution in [3.8, 4) is 5.88 Å². The van der Waals surface area contributed by atoms with Crippen molar-refractivity contribution < 1.29 is 19.4 Å². The lowest BCUT2D eigenvalue weighted by Crippen LogP contribution is -2.17. The highest BCUT2D eigenvalue weighted by Gasteiger charge is 2.12. The van der Waals surface area contributed by atoms with E-state index in [1.807, 2.05) is 0 Å². The normalized spacial score (nSPS) is 10.3. The van der Waals surface area contributed by atoms with E-state index in [2.05, 4.69) is 20.0 Å². The Balaban J connectivity index is 2.00. The van der Waals surface area contributed by atoms with Gasteiger partial charge < -0.3 is 20.1 Å². The maximum Gasteiger partial charge on any atom is 0.337 e. The second kappa shape index (κ2) is 8.34. The second-order valence-electron chi connectivity index (χ2n) is 4.94. The molecule has 25 heavy (non-hydrogen) atoms. The van der Waals surface area contributed by atoms with Crippen LogP contribution < -0.4 is 10.9 Å². The molecular formula is C16H17N3O5S. The third-order valence-corrected chi connectivity index (χ3v) is 4.11. The first-order valence-corrected chi connectivity index (χ1v) is 8.36.